The van der Waals surface area contributed by atoms with Crippen molar-refractivity contribution in [3.05, 3.63) is 59.7 Å². The van der Waals surface area contributed by atoms with Gasteiger partial charge in [-0.15, -0.1) is 0 Å². The predicted molar refractivity (Wildman–Crippen MR) is 129 cm³/mol. The van der Waals surface area contributed by atoms with Crippen LogP contribution >= 0.6 is 0 Å². The maximum atomic E-state index is 12.5. The Bertz CT molecular complexity index is 1170. The first-order valence-corrected chi connectivity index (χ1v) is 11.5. The summed E-state index contributed by atoms with van der Waals surface area (Å²) in [6, 6.07) is 18.0. The summed E-state index contributed by atoms with van der Waals surface area (Å²) in [6.45, 7) is 8.34. The Hall–Kier alpha value is -3.53. The van der Waals surface area contributed by atoms with E-state index in [4.69, 9.17) is 9.72 Å². The van der Waals surface area contributed by atoms with E-state index in [-0.39, 0.29) is 6.09 Å². The first kappa shape index (κ1) is 22.7. The van der Waals surface area contributed by atoms with Crippen molar-refractivity contribution < 1.29 is 9.53 Å². The molecule has 0 unspecified atom stereocenters. The molecule has 7 nitrogen and oxygen atoms in total. The molecule has 4 rings (SSSR count). The third-order valence-electron chi connectivity index (χ3n) is 5.84. The quantitative estimate of drug-likeness (QED) is 0.596. The van der Waals surface area contributed by atoms with Crippen molar-refractivity contribution in [2.45, 2.75) is 45.8 Å². The van der Waals surface area contributed by atoms with Crippen LogP contribution in [0, 0.1) is 17.2 Å². The van der Waals surface area contributed by atoms with Crippen LogP contribution in [0.5, 0.6) is 0 Å². The standard InChI is InChI=1S/C26H31N5O2/c1-26(2,3)33-25(32)30-14-8-9-19(17-30)16-28-24-29-22-12-6-7-13-23(22)31(24)18-21-11-5-4-10-20(21)15-27/h4-7,10-13,19H,8-9,14,16-18H2,1-3H3,(H,28,29)/t19-/m1/s1. The highest BCUT2D eigenvalue weighted by atomic mass is 16.6. The number of hydrogen-bond acceptors (Lipinski definition) is 5. The Labute approximate surface area is 195 Å². The molecule has 1 atom stereocenters. The SMILES string of the molecule is CC(C)(C)OC(=O)N1CCC[C@H](CNc2nc3ccccc3n2Cc2ccccc2C#N)C1. The van der Waals surface area contributed by atoms with Gasteiger partial charge in [0.15, 0.2) is 0 Å². The number of likely N-dealkylation sites (tertiary alicyclic amines) is 1. The predicted octanol–water partition coefficient (Wildman–Crippen LogP) is 5.02. The molecule has 1 aromatic heterocycles. The van der Waals surface area contributed by atoms with Gasteiger partial charge in [-0.25, -0.2) is 9.78 Å². The molecule has 1 saturated heterocycles. The lowest BCUT2D eigenvalue weighted by Gasteiger charge is -2.34. The van der Waals surface area contributed by atoms with Gasteiger partial charge in [-0.2, -0.15) is 5.26 Å². The fourth-order valence-corrected chi connectivity index (χ4v) is 4.27. The van der Waals surface area contributed by atoms with E-state index >= 15 is 0 Å². The molecule has 0 saturated carbocycles. The maximum absolute atomic E-state index is 12.5. The lowest BCUT2D eigenvalue weighted by molar-refractivity contribution is 0.0172. The summed E-state index contributed by atoms with van der Waals surface area (Å²) < 4.78 is 7.68. The van der Waals surface area contributed by atoms with Gasteiger partial charge in [-0.05, 0) is 63.3 Å². The van der Waals surface area contributed by atoms with Gasteiger partial charge in [0, 0.05) is 19.6 Å². The van der Waals surface area contributed by atoms with Crippen LogP contribution in [0.4, 0.5) is 10.7 Å². The zero-order valence-electron chi connectivity index (χ0n) is 19.5. The topological polar surface area (TPSA) is 83.2 Å². The maximum Gasteiger partial charge on any atom is 0.410 e. The number of imidazole rings is 1. The lowest BCUT2D eigenvalue weighted by Crippen LogP contribution is -2.44. The molecule has 1 fully saturated rings. The van der Waals surface area contributed by atoms with Crippen molar-refractivity contribution in [3.63, 3.8) is 0 Å². The first-order chi connectivity index (χ1) is 15.8. The minimum absolute atomic E-state index is 0.243. The average Bonchev–Trinajstić information content (AvgIpc) is 3.14. The molecule has 2 aromatic carbocycles. The highest BCUT2D eigenvalue weighted by Gasteiger charge is 2.28. The van der Waals surface area contributed by atoms with E-state index in [2.05, 4.69) is 16.0 Å². The number of carbonyl (C=O) groups is 1. The number of nitrogens with zero attached hydrogens (tertiary/aromatic N) is 4. The number of ether oxygens (including phenoxy) is 1. The number of amides is 1. The van der Waals surface area contributed by atoms with Gasteiger partial charge in [0.05, 0.1) is 29.2 Å². The Balaban J connectivity index is 1.50. The zero-order chi connectivity index (χ0) is 23.4. The molecular weight excluding hydrogens is 414 g/mol. The summed E-state index contributed by atoms with van der Waals surface area (Å²) in [5.74, 6) is 1.09. The Morgan fingerprint density at radius 1 is 1.21 bits per heavy atom. The van der Waals surface area contributed by atoms with Gasteiger partial charge in [-0.1, -0.05) is 30.3 Å². The van der Waals surface area contributed by atoms with Gasteiger partial charge in [0.25, 0.3) is 0 Å². The number of aromatic nitrogens is 2. The molecule has 1 aliphatic heterocycles. The van der Waals surface area contributed by atoms with E-state index in [1.165, 1.54) is 0 Å². The summed E-state index contributed by atoms with van der Waals surface area (Å²) in [4.78, 5) is 19.1. The van der Waals surface area contributed by atoms with Crippen LogP contribution in [0.25, 0.3) is 11.0 Å². The smallest absolute Gasteiger partial charge is 0.410 e. The van der Waals surface area contributed by atoms with Crippen molar-refractivity contribution in [1.29, 1.82) is 5.26 Å². The van der Waals surface area contributed by atoms with Crippen LogP contribution in [-0.2, 0) is 11.3 Å². The second-order valence-corrected chi connectivity index (χ2v) is 9.59. The van der Waals surface area contributed by atoms with Crippen LogP contribution < -0.4 is 5.32 Å². The van der Waals surface area contributed by atoms with Crippen molar-refractivity contribution in [2.75, 3.05) is 25.0 Å². The van der Waals surface area contributed by atoms with Gasteiger partial charge < -0.3 is 19.5 Å². The van der Waals surface area contributed by atoms with E-state index in [0.717, 1.165) is 41.9 Å². The molecule has 3 aromatic rings. The molecule has 1 amide bonds. The molecule has 0 aliphatic carbocycles. The number of nitriles is 1. The van der Waals surface area contributed by atoms with Crippen LogP contribution in [0.2, 0.25) is 0 Å². The largest absolute Gasteiger partial charge is 0.444 e. The molecule has 0 radical (unpaired) electrons. The molecule has 2 heterocycles. The number of nitrogens with one attached hydrogen (secondary N) is 1. The third-order valence-corrected chi connectivity index (χ3v) is 5.84. The number of fused-ring (bicyclic) bond motifs is 1. The number of piperidine rings is 1. The van der Waals surface area contributed by atoms with E-state index in [0.29, 0.717) is 31.1 Å². The first-order valence-electron chi connectivity index (χ1n) is 11.5. The second kappa shape index (κ2) is 9.53. The molecule has 7 heteroatoms. The van der Waals surface area contributed by atoms with Crippen molar-refractivity contribution in [3.8, 4) is 6.07 Å². The molecule has 0 bridgehead atoms. The summed E-state index contributed by atoms with van der Waals surface area (Å²) in [5.41, 5.74) is 3.06. The second-order valence-electron chi connectivity index (χ2n) is 9.59. The van der Waals surface area contributed by atoms with Crippen LogP contribution in [-0.4, -0.2) is 45.8 Å². The number of benzene rings is 2. The van der Waals surface area contributed by atoms with E-state index in [9.17, 15) is 10.1 Å². The molecule has 33 heavy (non-hydrogen) atoms. The van der Waals surface area contributed by atoms with Crippen LogP contribution in [0.3, 0.4) is 0 Å². The highest BCUT2D eigenvalue weighted by Crippen LogP contribution is 2.24. The summed E-state index contributed by atoms with van der Waals surface area (Å²) >= 11 is 0. The number of carbonyl (C=O) groups excluding carboxylic acids is 1. The Morgan fingerprint density at radius 2 is 1.97 bits per heavy atom. The normalized spacial score (nSPS) is 16.4. The lowest BCUT2D eigenvalue weighted by atomic mass is 9.98. The van der Waals surface area contributed by atoms with Crippen LogP contribution in [0.1, 0.15) is 44.7 Å². The van der Waals surface area contributed by atoms with E-state index < -0.39 is 5.60 Å². The molecule has 172 valence electrons. The third kappa shape index (κ3) is 5.46. The minimum atomic E-state index is -0.493. The summed E-state index contributed by atoms with van der Waals surface area (Å²) in [6.07, 6.45) is 1.76. The summed E-state index contributed by atoms with van der Waals surface area (Å²) in [5, 5.41) is 13.0. The number of anilines is 1. The minimum Gasteiger partial charge on any atom is -0.444 e. The van der Waals surface area contributed by atoms with Crippen molar-refractivity contribution >= 4 is 23.1 Å². The van der Waals surface area contributed by atoms with Gasteiger partial charge in [-0.3, -0.25) is 0 Å². The van der Waals surface area contributed by atoms with Gasteiger partial charge >= 0.3 is 6.09 Å². The van der Waals surface area contributed by atoms with Crippen LogP contribution in [0.15, 0.2) is 48.5 Å². The molecular formula is C26H31N5O2. The van der Waals surface area contributed by atoms with Gasteiger partial charge in [0.2, 0.25) is 5.95 Å². The fourth-order valence-electron chi connectivity index (χ4n) is 4.27. The summed E-state index contributed by atoms with van der Waals surface area (Å²) in [7, 11) is 0. The number of rotatable bonds is 5. The van der Waals surface area contributed by atoms with E-state index in [1.807, 2.05) is 74.2 Å². The fraction of sp³-hybridized carbons (Fsp3) is 0.423. The number of para-hydroxylation sites is 2. The van der Waals surface area contributed by atoms with Crippen molar-refractivity contribution in [2.24, 2.45) is 5.92 Å². The van der Waals surface area contributed by atoms with Crippen molar-refractivity contribution in [1.82, 2.24) is 14.5 Å². The monoisotopic (exact) mass is 445 g/mol. The zero-order valence-corrected chi connectivity index (χ0v) is 19.5. The highest BCUT2D eigenvalue weighted by molar-refractivity contribution is 5.78. The Kier molecular flexibility index (Phi) is 6.55. The molecule has 0 spiro atoms. The van der Waals surface area contributed by atoms with E-state index in [1.54, 1.807) is 0 Å². The molecule has 1 aliphatic rings. The van der Waals surface area contributed by atoms with Gasteiger partial charge in [0.1, 0.15) is 5.60 Å². The number of hydrogen-bond donors (Lipinski definition) is 1. The average molecular weight is 446 g/mol. The molecule has 1 N–H and O–H groups in total. The Morgan fingerprint density at radius 3 is 2.76 bits per heavy atom.